The molecule has 18 heavy (non-hydrogen) atoms. The molecule has 0 bridgehead atoms. The highest BCUT2D eigenvalue weighted by molar-refractivity contribution is 7.99. The number of hydrogen-bond acceptors (Lipinski definition) is 4. The molecule has 2 aromatic rings. The maximum Gasteiger partial charge on any atom is 0.192 e. The number of halogens is 1. The lowest BCUT2D eigenvalue weighted by atomic mass is 10.1. The van der Waals surface area contributed by atoms with Crippen LogP contribution in [0.1, 0.15) is 24.3 Å². The van der Waals surface area contributed by atoms with Gasteiger partial charge >= 0.3 is 0 Å². The molecule has 0 unspecified atom stereocenters. The topological polar surface area (TPSA) is 46.0 Å². The predicted octanol–water partition coefficient (Wildman–Crippen LogP) is 3.64. The van der Waals surface area contributed by atoms with Crippen LogP contribution >= 0.6 is 23.4 Å². The highest BCUT2D eigenvalue weighted by Gasteiger charge is 2.08. The van der Waals surface area contributed by atoms with Crippen LogP contribution in [0.25, 0.3) is 0 Å². The molecule has 0 saturated heterocycles. The van der Waals surface area contributed by atoms with Crippen molar-refractivity contribution >= 4 is 23.4 Å². The maximum absolute atomic E-state index is 9.48. The van der Waals surface area contributed by atoms with Crippen LogP contribution in [0.2, 0.25) is 5.02 Å². The number of rotatable bonds is 3. The standard InChI is InChI=1S/C13H13ClN2OS/c1-8-5-6-15-13(16-8)18-12-4-3-10(9(2)17)7-11(12)14/h3-7,9,17H,1-2H3/t9-/m0/s1. The van der Waals surface area contributed by atoms with Crippen LogP contribution in [0.15, 0.2) is 40.5 Å². The summed E-state index contributed by atoms with van der Waals surface area (Å²) in [5, 5.41) is 10.7. The van der Waals surface area contributed by atoms with Gasteiger partial charge in [0, 0.05) is 16.8 Å². The number of aliphatic hydroxyl groups is 1. The summed E-state index contributed by atoms with van der Waals surface area (Å²) >= 11 is 7.59. The van der Waals surface area contributed by atoms with Crippen molar-refractivity contribution in [2.45, 2.75) is 30.0 Å². The molecular weight excluding hydrogens is 268 g/mol. The van der Waals surface area contributed by atoms with E-state index in [0.29, 0.717) is 10.2 Å². The highest BCUT2D eigenvalue weighted by Crippen LogP contribution is 2.32. The van der Waals surface area contributed by atoms with Crippen molar-refractivity contribution in [1.82, 2.24) is 9.97 Å². The number of aryl methyl sites for hydroxylation is 1. The third-order valence-electron chi connectivity index (χ3n) is 2.41. The second-order valence-electron chi connectivity index (χ2n) is 3.95. The lowest BCUT2D eigenvalue weighted by Crippen LogP contribution is -1.92. The predicted molar refractivity (Wildman–Crippen MR) is 73.0 cm³/mol. The molecule has 0 radical (unpaired) electrons. The first-order valence-corrected chi connectivity index (χ1v) is 6.70. The summed E-state index contributed by atoms with van der Waals surface area (Å²) in [5.41, 5.74) is 1.72. The summed E-state index contributed by atoms with van der Waals surface area (Å²) in [5.74, 6) is 0. The van der Waals surface area contributed by atoms with Crippen LogP contribution in [-0.2, 0) is 0 Å². The van der Waals surface area contributed by atoms with Gasteiger partial charge in [0.1, 0.15) is 0 Å². The zero-order valence-corrected chi connectivity index (χ0v) is 11.7. The average Bonchev–Trinajstić information content (AvgIpc) is 2.31. The molecule has 1 aromatic heterocycles. The van der Waals surface area contributed by atoms with E-state index in [1.807, 2.05) is 25.1 Å². The highest BCUT2D eigenvalue weighted by atomic mass is 35.5. The molecule has 0 saturated carbocycles. The van der Waals surface area contributed by atoms with Crippen LogP contribution in [0.4, 0.5) is 0 Å². The van der Waals surface area contributed by atoms with Crippen LogP contribution in [0, 0.1) is 6.92 Å². The Morgan fingerprint density at radius 1 is 1.33 bits per heavy atom. The zero-order chi connectivity index (χ0) is 13.1. The number of aromatic nitrogens is 2. The fraction of sp³-hybridized carbons (Fsp3) is 0.231. The Kier molecular flexibility index (Phi) is 4.22. The van der Waals surface area contributed by atoms with Gasteiger partial charge in [0.2, 0.25) is 0 Å². The van der Waals surface area contributed by atoms with Crippen LogP contribution in [0.5, 0.6) is 0 Å². The van der Waals surface area contributed by atoms with Gasteiger partial charge in [-0.2, -0.15) is 0 Å². The lowest BCUT2D eigenvalue weighted by molar-refractivity contribution is 0.199. The summed E-state index contributed by atoms with van der Waals surface area (Å²) in [6.07, 6.45) is 1.21. The van der Waals surface area contributed by atoms with Crippen molar-refractivity contribution < 1.29 is 5.11 Å². The molecule has 94 valence electrons. The van der Waals surface area contributed by atoms with E-state index in [-0.39, 0.29) is 0 Å². The van der Waals surface area contributed by atoms with Gasteiger partial charge in [-0.25, -0.2) is 9.97 Å². The average molecular weight is 281 g/mol. The van der Waals surface area contributed by atoms with Gasteiger partial charge in [0.05, 0.1) is 11.1 Å². The first kappa shape index (κ1) is 13.3. The second kappa shape index (κ2) is 5.69. The Balaban J connectivity index is 2.24. The van der Waals surface area contributed by atoms with E-state index < -0.39 is 6.10 Å². The SMILES string of the molecule is Cc1ccnc(Sc2ccc([C@H](C)O)cc2Cl)n1. The van der Waals surface area contributed by atoms with Crippen molar-refractivity contribution in [2.24, 2.45) is 0 Å². The van der Waals surface area contributed by atoms with Crippen LogP contribution in [0.3, 0.4) is 0 Å². The number of nitrogens with zero attached hydrogens (tertiary/aromatic N) is 2. The van der Waals surface area contributed by atoms with Crippen molar-refractivity contribution in [3.8, 4) is 0 Å². The molecule has 0 aliphatic rings. The Morgan fingerprint density at radius 3 is 2.72 bits per heavy atom. The van der Waals surface area contributed by atoms with Crippen molar-refractivity contribution in [2.75, 3.05) is 0 Å². The third-order valence-corrected chi connectivity index (χ3v) is 3.79. The van der Waals surface area contributed by atoms with Gasteiger partial charge in [-0.15, -0.1) is 0 Å². The van der Waals surface area contributed by atoms with Gasteiger partial charge in [0.25, 0.3) is 0 Å². The molecule has 3 nitrogen and oxygen atoms in total. The zero-order valence-electron chi connectivity index (χ0n) is 10.1. The quantitative estimate of drug-likeness (QED) is 0.872. The lowest BCUT2D eigenvalue weighted by Gasteiger charge is -2.08. The maximum atomic E-state index is 9.48. The van der Waals surface area contributed by atoms with E-state index in [0.717, 1.165) is 16.2 Å². The summed E-state index contributed by atoms with van der Waals surface area (Å²) in [6, 6.07) is 7.35. The molecule has 0 amide bonds. The van der Waals surface area contributed by atoms with Crippen molar-refractivity contribution in [3.05, 3.63) is 46.7 Å². The van der Waals surface area contributed by atoms with Crippen LogP contribution in [-0.4, -0.2) is 15.1 Å². The van der Waals surface area contributed by atoms with Gasteiger partial charge in [0.15, 0.2) is 5.16 Å². The minimum Gasteiger partial charge on any atom is -0.389 e. The number of hydrogen-bond donors (Lipinski definition) is 1. The van der Waals surface area contributed by atoms with Gasteiger partial charge in [-0.3, -0.25) is 0 Å². The monoisotopic (exact) mass is 280 g/mol. The van der Waals surface area contributed by atoms with E-state index in [2.05, 4.69) is 9.97 Å². The minimum absolute atomic E-state index is 0.517. The van der Waals surface area contributed by atoms with Gasteiger partial charge in [-0.05, 0) is 49.4 Å². The fourth-order valence-electron chi connectivity index (χ4n) is 1.43. The van der Waals surface area contributed by atoms with E-state index in [9.17, 15) is 5.11 Å². The van der Waals surface area contributed by atoms with Gasteiger partial charge in [-0.1, -0.05) is 17.7 Å². The number of benzene rings is 1. The van der Waals surface area contributed by atoms with Crippen molar-refractivity contribution in [1.29, 1.82) is 0 Å². The van der Waals surface area contributed by atoms with E-state index >= 15 is 0 Å². The van der Waals surface area contributed by atoms with Crippen molar-refractivity contribution in [3.63, 3.8) is 0 Å². The molecule has 1 N–H and O–H groups in total. The Labute approximate surface area is 115 Å². The Bertz CT molecular complexity index is 560. The molecule has 1 heterocycles. The first-order chi connectivity index (χ1) is 8.56. The smallest absolute Gasteiger partial charge is 0.192 e. The summed E-state index contributed by atoms with van der Waals surface area (Å²) in [7, 11) is 0. The van der Waals surface area contributed by atoms with E-state index in [4.69, 9.17) is 11.6 Å². The number of aliphatic hydroxyl groups excluding tert-OH is 1. The molecule has 1 aromatic carbocycles. The minimum atomic E-state index is -0.517. The van der Waals surface area contributed by atoms with E-state index in [1.165, 1.54) is 11.8 Å². The first-order valence-electron chi connectivity index (χ1n) is 5.51. The fourth-order valence-corrected chi connectivity index (χ4v) is 2.53. The van der Waals surface area contributed by atoms with Gasteiger partial charge < -0.3 is 5.11 Å². The molecule has 0 aliphatic carbocycles. The Hall–Kier alpha value is -1.10. The molecule has 2 rings (SSSR count). The summed E-state index contributed by atoms with van der Waals surface area (Å²) in [6.45, 7) is 3.63. The van der Waals surface area contributed by atoms with E-state index in [1.54, 1.807) is 19.2 Å². The third kappa shape index (κ3) is 3.22. The molecule has 1 atom stereocenters. The van der Waals surface area contributed by atoms with Crippen LogP contribution < -0.4 is 0 Å². The summed E-state index contributed by atoms with van der Waals surface area (Å²) < 4.78 is 0. The molecule has 0 spiro atoms. The normalized spacial score (nSPS) is 12.4. The Morgan fingerprint density at radius 2 is 2.11 bits per heavy atom. The molecule has 0 aliphatic heterocycles. The largest absolute Gasteiger partial charge is 0.389 e. The molecule has 0 fully saturated rings. The molecular formula is C13H13ClN2OS. The summed E-state index contributed by atoms with van der Waals surface area (Å²) in [4.78, 5) is 9.37. The molecule has 5 heteroatoms. The second-order valence-corrected chi connectivity index (χ2v) is 5.36.